The van der Waals surface area contributed by atoms with E-state index in [-0.39, 0.29) is 24.2 Å². The van der Waals surface area contributed by atoms with E-state index in [1.165, 1.54) is 0 Å². The number of carbonyl (C=O) groups is 3. The molecule has 2 aromatic carbocycles. The monoisotopic (exact) mass is 439 g/mol. The summed E-state index contributed by atoms with van der Waals surface area (Å²) in [5.41, 5.74) is 1.11. The molecular formula is C21H17N3O6S. The maximum atomic E-state index is 12.0. The van der Waals surface area contributed by atoms with Crippen molar-refractivity contribution in [1.29, 1.82) is 0 Å². The van der Waals surface area contributed by atoms with Crippen molar-refractivity contribution in [2.45, 2.75) is 13.2 Å². The van der Waals surface area contributed by atoms with Gasteiger partial charge in [-0.2, -0.15) is 9.36 Å². The van der Waals surface area contributed by atoms with Crippen LogP contribution in [0, 0.1) is 0 Å². The van der Waals surface area contributed by atoms with E-state index in [4.69, 9.17) is 9.47 Å². The number of carbonyl (C=O) groups excluding carboxylic acids is 2. The van der Waals surface area contributed by atoms with Crippen molar-refractivity contribution in [3.05, 3.63) is 83.7 Å². The van der Waals surface area contributed by atoms with Crippen LogP contribution in [0.2, 0.25) is 0 Å². The molecule has 0 saturated carbocycles. The summed E-state index contributed by atoms with van der Waals surface area (Å²) in [5, 5.41) is 11.8. The second kappa shape index (κ2) is 10.6. The minimum atomic E-state index is -1.41. The molecular weight excluding hydrogens is 422 g/mol. The highest BCUT2D eigenvalue weighted by Crippen LogP contribution is 2.19. The van der Waals surface area contributed by atoms with Gasteiger partial charge in [0.05, 0.1) is 0 Å². The van der Waals surface area contributed by atoms with Gasteiger partial charge in [-0.1, -0.05) is 60.7 Å². The van der Waals surface area contributed by atoms with Crippen LogP contribution in [0.25, 0.3) is 5.57 Å². The molecule has 1 aromatic heterocycles. The van der Waals surface area contributed by atoms with Crippen molar-refractivity contribution in [1.82, 2.24) is 9.36 Å². The van der Waals surface area contributed by atoms with Crippen LogP contribution in [0.5, 0.6) is 0 Å². The van der Waals surface area contributed by atoms with Gasteiger partial charge >= 0.3 is 18.0 Å². The fourth-order valence-electron chi connectivity index (χ4n) is 2.34. The molecule has 0 fully saturated rings. The summed E-state index contributed by atoms with van der Waals surface area (Å²) >= 11 is 0.753. The molecule has 3 rings (SSSR count). The highest BCUT2D eigenvalue weighted by atomic mass is 32.1. The highest BCUT2D eigenvalue weighted by Gasteiger charge is 2.19. The Labute approximate surface area is 181 Å². The van der Waals surface area contributed by atoms with Gasteiger partial charge in [0.2, 0.25) is 5.13 Å². The first-order valence-corrected chi connectivity index (χ1v) is 9.76. The first-order chi connectivity index (χ1) is 15.0. The molecule has 0 saturated heterocycles. The van der Waals surface area contributed by atoms with Crippen LogP contribution in [0.15, 0.2) is 66.7 Å². The molecule has 0 aliphatic carbocycles. The van der Waals surface area contributed by atoms with Gasteiger partial charge in [0.25, 0.3) is 0 Å². The van der Waals surface area contributed by atoms with Gasteiger partial charge in [-0.15, -0.1) is 0 Å². The fraction of sp³-hybridized carbons (Fsp3) is 0.0952. The maximum Gasteiger partial charge on any atom is 0.413 e. The van der Waals surface area contributed by atoms with Crippen molar-refractivity contribution in [3.8, 4) is 0 Å². The molecule has 0 aliphatic rings. The zero-order valence-corrected chi connectivity index (χ0v) is 16.9. The lowest BCUT2D eigenvalue weighted by molar-refractivity contribution is -0.139. The Hall–Kier alpha value is -4.05. The number of aromatic nitrogens is 2. The number of nitrogens with zero attached hydrogens (tertiary/aromatic N) is 2. The molecule has 158 valence electrons. The van der Waals surface area contributed by atoms with Crippen molar-refractivity contribution in [2.75, 3.05) is 5.32 Å². The summed E-state index contributed by atoms with van der Waals surface area (Å²) in [6, 6.07) is 18.0. The Morgan fingerprint density at radius 3 is 2.10 bits per heavy atom. The Morgan fingerprint density at radius 1 is 0.935 bits per heavy atom. The third-order valence-electron chi connectivity index (χ3n) is 3.81. The Balaban J connectivity index is 1.59. The van der Waals surface area contributed by atoms with Crippen LogP contribution in [0.3, 0.4) is 0 Å². The van der Waals surface area contributed by atoms with E-state index in [0.29, 0.717) is 0 Å². The van der Waals surface area contributed by atoms with Gasteiger partial charge in [0, 0.05) is 17.6 Å². The molecule has 10 heteroatoms. The second-order valence-electron chi connectivity index (χ2n) is 6.07. The topological polar surface area (TPSA) is 128 Å². The maximum absolute atomic E-state index is 12.0. The number of carboxylic acid groups (broad SMARTS) is 1. The van der Waals surface area contributed by atoms with Crippen molar-refractivity contribution in [2.24, 2.45) is 0 Å². The van der Waals surface area contributed by atoms with Crippen molar-refractivity contribution < 1.29 is 29.0 Å². The standard InChI is InChI=1S/C21H17N3O6S/c25-17(29-12-14-7-3-1-4-8-14)11-16(19(26)27)18-22-20(31-24-18)23-21(28)30-13-15-9-5-2-6-10-15/h1-11H,12-13H2,(H,26,27)(H,22,23,24,28). The van der Waals surface area contributed by atoms with Crippen molar-refractivity contribution in [3.63, 3.8) is 0 Å². The number of rotatable bonds is 8. The lowest BCUT2D eigenvalue weighted by Gasteiger charge is -2.04. The highest BCUT2D eigenvalue weighted by molar-refractivity contribution is 7.10. The van der Waals surface area contributed by atoms with Crippen molar-refractivity contribution >= 4 is 40.3 Å². The summed E-state index contributed by atoms with van der Waals surface area (Å²) < 4.78 is 14.0. The van der Waals surface area contributed by atoms with Crippen LogP contribution >= 0.6 is 11.5 Å². The minimum absolute atomic E-state index is 0.00632. The van der Waals surface area contributed by atoms with Gasteiger partial charge in [0.1, 0.15) is 18.8 Å². The van der Waals surface area contributed by atoms with E-state index in [1.807, 2.05) is 24.3 Å². The molecule has 2 N–H and O–H groups in total. The average Bonchev–Trinajstić information content (AvgIpc) is 3.23. The lowest BCUT2D eigenvalue weighted by Crippen LogP contribution is -2.13. The first-order valence-electron chi connectivity index (χ1n) is 8.98. The number of amides is 1. The van der Waals surface area contributed by atoms with Crippen LogP contribution in [0.1, 0.15) is 17.0 Å². The zero-order chi connectivity index (χ0) is 22.1. The predicted octanol–water partition coefficient (Wildman–Crippen LogP) is 3.50. The van der Waals surface area contributed by atoms with Crippen LogP contribution in [-0.2, 0) is 32.3 Å². The number of anilines is 1. The smallest absolute Gasteiger partial charge is 0.413 e. The summed E-state index contributed by atoms with van der Waals surface area (Å²) in [4.78, 5) is 39.4. The van der Waals surface area contributed by atoms with E-state index >= 15 is 0 Å². The first kappa shape index (κ1) is 21.7. The fourth-order valence-corrected chi connectivity index (χ4v) is 2.91. The average molecular weight is 439 g/mol. The van der Waals surface area contributed by atoms with E-state index < -0.39 is 23.6 Å². The number of hydrogen-bond donors (Lipinski definition) is 2. The van der Waals surface area contributed by atoms with E-state index in [0.717, 1.165) is 28.7 Å². The quantitative estimate of drug-likeness (QED) is 0.403. The van der Waals surface area contributed by atoms with Gasteiger partial charge in [-0.05, 0) is 11.1 Å². The Morgan fingerprint density at radius 2 is 1.52 bits per heavy atom. The molecule has 0 radical (unpaired) electrons. The Bertz CT molecular complexity index is 1080. The van der Waals surface area contributed by atoms with Gasteiger partial charge in [0.15, 0.2) is 5.82 Å². The van der Waals surface area contributed by atoms with Crippen LogP contribution < -0.4 is 5.32 Å². The molecule has 3 aromatic rings. The largest absolute Gasteiger partial charge is 0.478 e. The molecule has 0 bridgehead atoms. The molecule has 9 nitrogen and oxygen atoms in total. The molecule has 0 aliphatic heterocycles. The third-order valence-corrected chi connectivity index (χ3v) is 4.44. The number of esters is 1. The lowest BCUT2D eigenvalue weighted by atomic mass is 10.2. The summed E-state index contributed by atoms with van der Waals surface area (Å²) in [6.45, 7) is 0.0551. The Kier molecular flexibility index (Phi) is 7.44. The third kappa shape index (κ3) is 6.75. The number of aliphatic carboxylic acids is 1. The van der Waals surface area contributed by atoms with Gasteiger partial charge in [-0.3, -0.25) is 5.32 Å². The molecule has 1 amide bonds. The number of ether oxygens (including phenoxy) is 2. The SMILES string of the molecule is O=C(C=C(C(=O)O)c1nsc(NC(=O)OCc2ccccc2)n1)OCc1ccccc1. The normalized spacial score (nSPS) is 10.9. The summed E-state index contributed by atoms with van der Waals surface area (Å²) in [5.74, 6) is -2.49. The number of carboxylic acids is 1. The number of hydrogen-bond acceptors (Lipinski definition) is 8. The van der Waals surface area contributed by atoms with E-state index in [2.05, 4.69) is 14.7 Å². The summed E-state index contributed by atoms with van der Waals surface area (Å²) in [6.07, 6.45) is 0.0276. The molecule has 1 heterocycles. The molecule has 31 heavy (non-hydrogen) atoms. The molecule has 0 atom stereocenters. The number of nitrogens with one attached hydrogen (secondary N) is 1. The predicted molar refractivity (Wildman–Crippen MR) is 112 cm³/mol. The van der Waals surface area contributed by atoms with Gasteiger partial charge in [-0.25, -0.2) is 14.4 Å². The van der Waals surface area contributed by atoms with E-state index in [1.54, 1.807) is 36.4 Å². The number of benzene rings is 2. The minimum Gasteiger partial charge on any atom is -0.478 e. The summed E-state index contributed by atoms with van der Waals surface area (Å²) in [7, 11) is 0. The van der Waals surface area contributed by atoms with Crippen LogP contribution in [-0.4, -0.2) is 32.5 Å². The zero-order valence-electron chi connectivity index (χ0n) is 16.1. The molecule has 0 unspecified atom stereocenters. The molecule has 0 spiro atoms. The van der Waals surface area contributed by atoms with Gasteiger partial charge < -0.3 is 14.6 Å². The second-order valence-corrected chi connectivity index (χ2v) is 6.82. The van der Waals surface area contributed by atoms with E-state index in [9.17, 15) is 19.5 Å². The van der Waals surface area contributed by atoms with Crippen LogP contribution in [0.4, 0.5) is 9.93 Å².